The number of hydrogen-bond acceptors (Lipinski definition) is 3. The van der Waals surface area contributed by atoms with Crippen molar-refractivity contribution in [2.45, 2.75) is 33.4 Å². The summed E-state index contributed by atoms with van der Waals surface area (Å²) in [6, 6.07) is 9.54. The summed E-state index contributed by atoms with van der Waals surface area (Å²) in [6.07, 6.45) is 1.03. The van der Waals surface area contributed by atoms with Crippen LogP contribution in [0.15, 0.2) is 41.0 Å². The van der Waals surface area contributed by atoms with E-state index >= 15 is 0 Å². The fraction of sp³-hybridized carbons (Fsp3) is 0.312. The third-order valence-electron chi connectivity index (χ3n) is 3.03. The van der Waals surface area contributed by atoms with Crippen molar-refractivity contribution in [1.29, 1.82) is 0 Å². The van der Waals surface area contributed by atoms with E-state index in [1.807, 2.05) is 38.1 Å². The van der Waals surface area contributed by atoms with E-state index in [-0.39, 0.29) is 5.91 Å². The molecule has 0 spiro atoms. The minimum Gasteiger partial charge on any atom is -0.481 e. The molecule has 4 heteroatoms. The topological polar surface area (TPSA) is 51.5 Å². The SMILES string of the molecule is Cc1ccc(C)c(O[C@H](C)C(=O)NCc2ccco2)c1. The molecule has 0 aliphatic heterocycles. The summed E-state index contributed by atoms with van der Waals surface area (Å²) in [5.41, 5.74) is 2.12. The number of nitrogens with one attached hydrogen (secondary N) is 1. The molecule has 0 bridgehead atoms. The molecule has 106 valence electrons. The molecule has 1 N–H and O–H groups in total. The summed E-state index contributed by atoms with van der Waals surface area (Å²) in [7, 11) is 0. The van der Waals surface area contributed by atoms with E-state index in [0.29, 0.717) is 6.54 Å². The molecule has 2 rings (SSSR count). The minimum atomic E-state index is -0.550. The standard InChI is InChI=1S/C16H19NO3/c1-11-6-7-12(2)15(9-11)20-13(3)16(18)17-10-14-5-4-8-19-14/h4-9,13H,10H2,1-3H3,(H,17,18)/t13-/m1/s1. The summed E-state index contributed by atoms with van der Waals surface area (Å²) >= 11 is 0. The van der Waals surface area contributed by atoms with Crippen LogP contribution in [0.25, 0.3) is 0 Å². The molecule has 20 heavy (non-hydrogen) atoms. The van der Waals surface area contributed by atoms with Gasteiger partial charge in [-0.1, -0.05) is 12.1 Å². The second kappa shape index (κ2) is 6.28. The van der Waals surface area contributed by atoms with Crippen LogP contribution in [0.3, 0.4) is 0 Å². The van der Waals surface area contributed by atoms with Crippen molar-refractivity contribution in [3.63, 3.8) is 0 Å². The number of hydrogen-bond donors (Lipinski definition) is 1. The van der Waals surface area contributed by atoms with Gasteiger partial charge in [0.15, 0.2) is 6.10 Å². The zero-order chi connectivity index (χ0) is 14.5. The van der Waals surface area contributed by atoms with Crippen molar-refractivity contribution in [3.05, 3.63) is 53.5 Å². The summed E-state index contributed by atoms with van der Waals surface area (Å²) in [6.45, 7) is 6.06. The molecule has 2 aromatic rings. The first-order valence-electron chi connectivity index (χ1n) is 6.60. The normalized spacial score (nSPS) is 11.9. The molecule has 1 heterocycles. The molecule has 1 atom stereocenters. The lowest BCUT2D eigenvalue weighted by molar-refractivity contribution is -0.127. The third-order valence-corrected chi connectivity index (χ3v) is 3.03. The fourth-order valence-electron chi connectivity index (χ4n) is 1.81. The van der Waals surface area contributed by atoms with Crippen LogP contribution in [0.5, 0.6) is 5.75 Å². The Bertz CT molecular complexity index is 575. The molecule has 1 aromatic carbocycles. The Morgan fingerprint density at radius 1 is 1.35 bits per heavy atom. The maximum Gasteiger partial charge on any atom is 0.261 e. The molecule has 1 amide bonds. The van der Waals surface area contributed by atoms with Gasteiger partial charge in [-0.15, -0.1) is 0 Å². The first kappa shape index (κ1) is 14.2. The van der Waals surface area contributed by atoms with Crippen LogP contribution < -0.4 is 10.1 Å². The number of rotatable bonds is 5. The Morgan fingerprint density at radius 3 is 2.85 bits per heavy atom. The number of aryl methyl sites for hydroxylation is 2. The van der Waals surface area contributed by atoms with E-state index in [9.17, 15) is 4.79 Å². The number of benzene rings is 1. The van der Waals surface area contributed by atoms with Gasteiger partial charge in [0.1, 0.15) is 11.5 Å². The molecule has 0 fully saturated rings. The monoisotopic (exact) mass is 273 g/mol. The van der Waals surface area contributed by atoms with E-state index in [2.05, 4.69) is 5.32 Å². The lowest BCUT2D eigenvalue weighted by Gasteiger charge is -2.16. The lowest BCUT2D eigenvalue weighted by atomic mass is 10.1. The number of carbonyl (C=O) groups excluding carboxylic acids is 1. The van der Waals surface area contributed by atoms with E-state index < -0.39 is 6.10 Å². The van der Waals surface area contributed by atoms with Gasteiger partial charge in [0.2, 0.25) is 0 Å². The highest BCUT2D eigenvalue weighted by Crippen LogP contribution is 2.20. The molecule has 0 radical (unpaired) electrons. The van der Waals surface area contributed by atoms with Gasteiger partial charge in [-0.05, 0) is 50.1 Å². The summed E-state index contributed by atoms with van der Waals surface area (Å²) in [4.78, 5) is 12.0. The summed E-state index contributed by atoms with van der Waals surface area (Å²) < 4.78 is 10.9. The van der Waals surface area contributed by atoms with Crippen molar-refractivity contribution in [3.8, 4) is 5.75 Å². The Hall–Kier alpha value is -2.23. The summed E-state index contributed by atoms with van der Waals surface area (Å²) in [5.74, 6) is 1.30. The fourth-order valence-corrected chi connectivity index (χ4v) is 1.81. The van der Waals surface area contributed by atoms with Crippen molar-refractivity contribution < 1.29 is 13.9 Å². The maximum absolute atomic E-state index is 12.0. The minimum absolute atomic E-state index is 0.165. The first-order chi connectivity index (χ1) is 9.56. The highest BCUT2D eigenvalue weighted by molar-refractivity contribution is 5.80. The van der Waals surface area contributed by atoms with Crippen LogP contribution in [-0.2, 0) is 11.3 Å². The maximum atomic E-state index is 12.0. The van der Waals surface area contributed by atoms with Crippen LogP contribution in [-0.4, -0.2) is 12.0 Å². The summed E-state index contributed by atoms with van der Waals surface area (Å²) in [5, 5.41) is 2.78. The van der Waals surface area contributed by atoms with Gasteiger partial charge in [0, 0.05) is 0 Å². The number of ether oxygens (including phenoxy) is 1. The van der Waals surface area contributed by atoms with Gasteiger partial charge >= 0.3 is 0 Å². The molecule has 0 unspecified atom stereocenters. The van der Waals surface area contributed by atoms with Gasteiger partial charge in [-0.2, -0.15) is 0 Å². The van der Waals surface area contributed by atoms with Crippen LogP contribution in [0, 0.1) is 13.8 Å². The van der Waals surface area contributed by atoms with Crippen molar-refractivity contribution in [2.75, 3.05) is 0 Å². The quantitative estimate of drug-likeness (QED) is 0.911. The molecular formula is C16H19NO3. The smallest absolute Gasteiger partial charge is 0.261 e. The molecule has 4 nitrogen and oxygen atoms in total. The Kier molecular flexibility index (Phi) is 4.45. The molecular weight excluding hydrogens is 254 g/mol. The number of carbonyl (C=O) groups is 1. The van der Waals surface area contributed by atoms with E-state index in [1.165, 1.54) is 0 Å². The van der Waals surface area contributed by atoms with Crippen molar-refractivity contribution >= 4 is 5.91 Å². The predicted octanol–water partition coefficient (Wildman–Crippen LogP) is 2.98. The third kappa shape index (κ3) is 3.63. The molecule has 0 aliphatic carbocycles. The Morgan fingerprint density at radius 2 is 2.15 bits per heavy atom. The second-order valence-corrected chi connectivity index (χ2v) is 4.83. The van der Waals surface area contributed by atoms with E-state index in [0.717, 1.165) is 22.6 Å². The van der Waals surface area contributed by atoms with Crippen molar-refractivity contribution in [2.24, 2.45) is 0 Å². The first-order valence-corrected chi connectivity index (χ1v) is 6.60. The van der Waals surface area contributed by atoms with Gasteiger partial charge in [0.25, 0.3) is 5.91 Å². The average Bonchev–Trinajstić information content (AvgIpc) is 2.93. The number of furan rings is 1. The molecule has 0 saturated carbocycles. The molecule has 0 saturated heterocycles. The van der Waals surface area contributed by atoms with Crippen LogP contribution in [0.4, 0.5) is 0 Å². The molecule has 0 aliphatic rings. The van der Waals surface area contributed by atoms with E-state index in [1.54, 1.807) is 19.3 Å². The lowest BCUT2D eigenvalue weighted by Crippen LogP contribution is -2.35. The Labute approximate surface area is 118 Å². The van der Waals surface area contributed by atoms with Gasteiger partial charge < -0.3 is 14.5 Å². The van der Waals surface area contributed by atoms with E-state index in [4.69, 9.17) is 9.15 Å². The Balaban J connectivity index is 1.92. The molecule has 1 aromatic heterocycles. The van der Waals surface area contributed by atoms with Gasteiger partial charge in [-0.3, -0.25) is 4.79 Å². The van der Waals surface area contributed by atoms with Gasteiger partial charge in [0.05, 0.1) is 12.8 Å². The zero-order valence-corrected chi connectivity index (χ0v) is 12.0. The van der Waals surface area contributed by atoms with Crippen LogP contribution >= 0.6 is 0 Å². The van der Waals surface area contributed by atoms with Crippen LogP contribution in [0.1, 0.15) is 23.8 Å². The van der Waals surface area contributed by atoms with Crippen molar-refractivity contribution in [1.82, 2.24) is 5.32 Å². The second-order valence-electron chi connectivity index (χ2n) is 4.83. The largest absolute Gasteiger partial charge is 0.481 e. The highest BCUT2D eigenvalue weighted by atomic mass is 16.5. The van der Waals surface area contributed by atoms with Gasteiger partial charge in [-0.25, -0.2) is 0 Å². The number of amides is 1. The van der Waals surface area contributed by atoms with Crippen LogP contribution in [0.2, 0.25) is 0 Å². The average molecular weight is 273 g/mol. The highest BCUT2D eigenvalue weighted by Gasteiger charge is 2.15. The zero-order valence-electron chi connectivity index (χ0n) is 12.0. The predicted molar refractivity (Wildman–Crippen MR) is 76.6 cm³/mol.